The molecule has 2 rings (SSSR count). The highest BCUT2D eigenvalue weighted by Gasteiger charge is 2.10. The van der Waals surface area contributed by atoms with Crippen LogP contribution in [0.25, 0.3) is 10.1 Å². The van der Waals surface area contributed by atoms with E-state index in [2.05, 4.69) is 27.9 Å². The predicted molar refractivity (Wildman–Crippen MR) is 91.5 cm³/mol. The fourth-order valence-electron chi connectivity index (χ4n) is 1.98. The van der Waals surface area contributed by atoms with Gasteiger partial charge >= 0.3 is 0 Å². The quantitative estimate of drug-likeness (QED) is 0.402. The minimum Gasteiger partial charge on any atom is -0.351 e. The summed E-state index contributed by atoms with van der Waals surface area (Å²) < 4.78 is 15.1. The number of hydrogen-bond acceptors (Lipinski definition) is 2. The maximum absolute atomic E-state index is 13.1. The van der Waals surface area contributed by atoms with E-state index in [9.17, 15) is 9.18 Å². The van der Waals surface area contributed by atoms with Gasteiger partial charge in [-0.15, -0.1) is 11.3 Å². The Morgan fingerprint density at radius 3 is 2.80 bits per heavy atom. The van der Waals surface area contributed by atoms with Crippen molar-refractivity contribution in [3.63, 3.8) is 0 Å². The zero-order chi connectivity index (χ0) is 14.4. The molecule has 20 heavy (non-hydrogen) atoms. The van der Waals surface area contributed by atoms with Gasteiger partial charge < -0.3 is 5.32 Å². The topological polar surface area (TPSA) is 29.1 Å². The maximum Gasteiger partial charge on any atom is 0.261 e. The number of alkyl halides is 1. The molecule has 2 aromatic rings. The minimum absolute atomic E-state index is 0.0551. The van der Waals surface area contributed by atoms with Crippen molar-refractivity contribution in [2.75, 3.05) is 11.0 Å². The smallest absolute Gasteiger partial charge is 0.261 e. The number of thiophene rings is 1. The van der Waals surface area contributed by atoms with Crippen LogP contribution in [0.1, 0.15) is 35.4 Å². The number of fused-ring (bicyclic) bond motifs is 1. The molecule has 0 aliphatic carbocycles. The maximum atomic E-state index is 13.1. The van der Waals surface area contributed by atoms with Crippen molar-refractivity contribution in [3.05, 3.63) is 35.0 Å². The van der Waals surface area contributed by atoms with Gasteiger partial charge in [0.15, 0.2) is 0 Å². The number of nitrogens with one attached hydrogen (secondary N) is 1. The Labute approximate surface area is 135 Å². The van der Waals surface area contributed by atoms with Gasteiger partial charge in [0.25, 0.3) is 5.91 Å². The molecule has 0 fully saturated rings. The third-order valence-corrected chi connectivity index (χ3v) is 4.91. The van der Waals surface area contributed by atoms with Crippen molar-refractivity contribution in [2.45, 2.75) is 25.7 Å². The van der Waals surface area contributed by atoms with Crippen LogP contribution in [0.4, 0.5) is 4.39 Å². The number of hydrogen-bond donors (Lipinski definition) is 1. The van der Waals surface area contributed by atoms with Gasteiger partial charge in [0.05, 0.1) is 4.88 Å². The van der Waals surface area contributed by atoms with Gasteiger partial charge in [-0.25, -0.2) is 4.39 Å². The standard InChI is InChI=1S/C15H17FINOS/c16-12-6-5-11-9-14(20-13(11)10-12)15(19)18-8-4-2-1-3-7-17/h5-6,9-10H,1-4,7-8H2,(H,18,19). The molecular weight excluding hydrogens is 388 g/mol. The normalized spacial score (nSPS) is 10.9. The van der Waals surface area contributed by atoms with Gasteiger partial charge in [0.2, 0.25) is 0 Å². The van der Waals surface area contributed by atoms with E-state index >= 15 is 0 Å². The third kappa shape index (κ3) is 4.41. The third-order valence-electron chi connectivity index (χ3n) is 3.05. The first-order valence-corrected chi connectivity index (χ1v) is 9.08. The molecular formula is C15H17FINOS. The molecule has 2 nitrogen and oxygen atoms in total. The second-order valence-electron chi connectivity index (χ2n) is 4.65. The van der Waals surface area contributed by atoms with Gasteiger partial charge in [-0.2, -0.15) is 0 Å². The van der Waals surface area contributed by atoms with Crippen LogP contribution in [0.3, 0.4) is 0 Å². The summed E-state index contributed by atoms with van der Waals surface area (Å²) in [6.07, 6.45) is 4.64. The molecule has 1 aromatic carbocycles. The second kappa shape index (κ2) is 7.93. The largest absolute Gasteiger partial charge is 0.351 e. The molecule has 0 unspecified atom stereocenters. The first kappa shape index (κ1) is 15.7. The van der Waals surface area contributed by atoms with Crippen LogP contribution in [0.5, 0.6) is 0 Å². The lowest BCUT2D eigenvalue weighted by molar-refractivity contribution is 0.0957. The molecule has 1 N–H and O–H groups in total. The van der Waals surface area contributed by atoms with E-state index in [1.54, 1.807) is 6.07 Å². The molecule has 1 heterocycles. The van der Waals surface area contributed by atoms with E-state index in [4.69, 9.17) is 0 Å². The summed E-state index contributed by atoms with van der Waals surface area (Å²) in [7, 11) is 0. The lowest BCUT2D eigenvalue weighted by atomic mass is 10.2. The number of carbonyl (C=O) groups is 1. The average Bonchev–Trinajstić information content (AvgIpc) is 2.85. The highest BCUT2D eigenvalue weighted by molar-refractivity contribution is 14.1. The SMILES string of the molecule is O=C(NCCCCCCI)c1cc2ccc(F)cc2s1. The zero-order valence-corrected chi connectivity index (χ0v) is 14.1. The number of halogens is 2. The molecule has 0 saturated heterocycles. The van der Waals surface area contributed by atoms with Crippen LogP contribution in [0.2, 0.25) is 0 Å². The highest BCUT2D eigenvalue weighted by atomic mass is 127. The lowest BCUT2D eigenvalue weighted by Gasteiger charge is -2.02. The van der Waals surface area contributed by atoms with E-state index in [1.165, 1.54) is 40.7 Å². The van der Waals surface area contributed by atoms with Gasteiger partial charge in [-0.05, 0) is 40.9 Å². The van der Waals surface area contributed by atoms with Gasteiger partial charge in [0, 0.05) is 11.2 Å². The Hall–Kier alpha value is -0.690. The predicted octanol–water partition coefficient (Wildman–Crippen LogP) is 4.77. The summed E-state index contributed by atoms with van der Waals surface area (Å²) in [6.45, 7) is 0.711. The minimum atomic E-state index is -0.262. The van der Waals surface area contributed by atoms with Crippen LogP contribution in [0.15, 0.2) is 24.3 Å². The molecule has 1 amide bonds. The fourth-order valence-corrected chi connectivity index (χ4v) is 3.52. The lowest BCUT2D eigenvalue weighted by Crippen LogP contribution is -2.23. The molecule has 0 aliphatic heterocycles. The van der Waals surface area contributed by atoms with Crippen molar-refractivity contribution in [1.82, 2.24) is 5.32 Å². The van der Waals surface area contributed by atoms with Crippen molar-refractivity contribution >= 4 is 49.9 Å². The summed E-state index contributed by atoms with van der Waals surface area (Å²) in [5, 5.41) is 3.85. The zero-order valence-electron chi connectivity index (χ0n) is 11.1. The number of benzene rings is 1. The summed E-state index contributed by atoms with van der Waals surface area (Å²) in [5.74, 6) is -0.318. The van der Waals surface area contributed by atoms with Gasteiger partial charge in [-0.1, -0.05) is 41.5 Å². The molecule has 0 atom stereocenters. The molecule has 0 aliphatic rings. The Morgan fingerprint density at radius 1 is 1.20 bits per heavy atom. The first-order chi connectivity index (χ1) is 9.70. The fraction of sp³-hybridized carbons (Fsp3) is 0.400. The number of rotatable bonds is 7. The molecule has 0 radical (unpaired) electrons. The van der Waals surface area contributed by atoms with Gasteiger partial charge in [-0.3, -0.25) is 4.79 Å². The van der Waals surface area contributed by atoms with Crippen molar-refractivity contribution in [3.8, 4) is 0 Å². The molecule has 1 aromatic heterocycles. The Morgan fingerprint density at radius 2 is 2.00 bits per heavy atom. The number of amides is 1. The van der Waals surface area contributed by atoms with Crippen LogP contribution < -0.4 is 5.32 Å². The van der Waals surface area contributed by atoms with E-state index < -0.39 is 0 Å². The molecule has 108 valence electrons. The van der Waals surface area contributed by atoms with Gasteiger partial charge in [0.1, 0.15) is 5.82 Å². The summed E-state index contributed by atoms with van der Waals surface area (Å²) >= 11 is 3.72. The van der Waals surface area contributed by atoms with Crippen LogP contribution in [-0.4, -0.2) is 16.9 Å². The Balaban J connectivity index is 1.85. The molecule has 5 heteroatoms. The van der Waals surface area contributed by atoms with Crippen molar-refractivity contribution in [2.24, 2.45) is 0 Å². The molecule has 0 saturated carbocycles. The molecule has 0 bridgehead atoms. The second-order valence-corrected chi connectivity index (χ2v) is 6.81. The Bertz CT molecular complexity index is 584. The molecule has 0 spiro atoms. The van der Waals surface area contributed by atoms with Crippen molar-refractivity contribution in [1.29, 1.82) is 0 Å². The van der Waals surface area contributed by atoms with Crippen LogP contribution in [-0.2, 0) is 0 Å². The Kier molecular flexibility index (Phi) is 6.22. The number of unbranched alkanes of at least 4 members (excludes halogenated alkanes) is 3. The van der Waals surface area contributed by atoms with Crippen LogP contribution >= 0.6 is 33.9 Å². The number of carbonyl (C=O) groups excluding carboxylic acids is 1. The van der Waals surface area contributed by atoms with E-state index in [1.807, 2.05) is 6.07 Å². The van der Waals surface area contributed by atoms with E-state index in [0.717, 1.165) is 22.9 Å². The first-order valence-electron chi connectivity index (χ1n) is 6.74. The van der Waals surface area contributed by atoms with E-state index in [-0.39, 0.29) is 11.7 Å². The van der Waals surface area contributed by atoms with E-state index in [0.29, 0.717) is 11.4 Å². The summed E-state index contributed by atoms with van der Waals surface area (Å²) in [6, 6.07) is 6.43. The summed E-state index contributed by atoms with van der Waals surface area (Å²) in [5.41, 5.74) is 0. The van der Waals surface area contributed by atoms with Crippen molar-refractivity contribution < 1.29 is 9.18 Å². The van der Waals surface area contributed by atoms with Crippen LogP contribution in [0, 0.1) is 5.82 Å². The average molecular weight is 405 g/mol. The highest BCUT2D eigenvalue weighted by Crippen LogP contribution is 2.26. The monoisotopic (exact) mass is 405 g/mol. The summed E-state index contributed by atoms with van der Waals surface area (Å²) in [4.78, 5) is 12.6.